The van der Waals surface area contributed by atoms with Crippen LogP contribution >= 0.6 is 0 Å². The normalized spacial score (nSPS) is 17.3. The molecular formula is C29H24F4N2O2. The Hall–Kier alpha value is -4.07. The minimum atomic E-state index is -4.42. The van der Waals surface area contributed by atoms with Crippen LogP contribution in [0.1, 0.15) is 34.6 Å². The molecule has 37 heavy (non-hydrogen) atoms. The van der Waals surface area contributed by atoms with Gasteiger partial charge < -0.3 is 15.7 Å². The van der Waals surface area contributed by atoms with Gasteiger partial charge in [0.1, 0.15) is 11.6 Å². The number of phenols is 1. The molecule has 8 heteroatoms. The largest absolute Gasteiger partial charge is 0.508 e. The van der Waals surface area contributed by atoms with Crippen LogP contribution in [-0.4, -0.2) is 17.2 Å². The number of urea groups is 1. The van der Waals surface area contributed by atoms with Crippen molar-refractivity contribution in [3.63, 3.8) is 0 Å². The molecular weight excluding hydrogens is 484 g/mol. The standard InChI is InChI=1S/C29H24F4N2O2/c30-21-10-12-23-19(15-21)7-13-27(25(23)14-17-4-8-20(9-5-17)29(31,32)33)35-28(37)34-26-3-1-2-18-6-11-22(36)16-24(18)26/h1-6,8-12,15-16,25,27,36H,7,13-14H2,(H2,34,35,37)/t25-,27+/m1/s1. The molecule has 4 nitrogen and oxygen atoms in total. The average Bonchev–Trinajstić information content (AvgIpc) is 2.85. The maximum Gasteiger partial charge on any atom is 0.416 e. The van der Waals surface area contributed by atoms with E-state index in [-0.39, 0.29) is 23.5 Å². The van der Waals surface area contributed by atoms with Crippen LogP contribution < -0.4 is 10.6 Å². The molecule has 190 valence electrons. The van der Waals surface area contributed by atoms with Gasteiger partial charge in [0.05, 0.1) is 11.3 Å². The smallest absolute Gasteiger partial charge is 0.416 e. The van der Waals surface area contributed by atoms with Crippen LogP contribution in [-0.2, 0) is 19.0 Å². The van der Waals surface area contributed by atoms with E-state index in [1.165, 1.54) is 24.3 Å². The van der Waals surface area contributed by atoms with E-state index in [0.29, 0.717) is 35.9 Å². The minimum Gasteiger partial charge on any atom is -0.508 e. The fraction of sp³-hybridized carbons (Fsp3) is 0.207. The first-order valence-electron chi connectivity index (χ1n) is 11.9. The molecule has 5 rings (SSSR count). The summed E-state index contributed by atoms with van der Waals surface area (Å²) in [5.41, 5.74) is 2.20. The number of fused-ring (bicyclic) bond motifs is 2. The monoisotopic (exact) mass is 508 g/mol. The zero-order chi connectivity index (χ0) is 26.2. The number of aromatic hydroxyl groups is 1. The topological polar surface area (TPSA) is 61.4 Å². The van der Waals surface area contributed by atoms with Crippen molar-refractivity contribution >= 4 is 22.5 Å². The fourth-order valence-electron chi connectivity index (χ4n) is 5.09. The summed E-state index contributed by atoms with van der Waals surface area (Å²) in [5, 5.41) is 17.3. The van der Waals surface area contributed by atoms with E-state index in [1.807, 2.05) is 6.07 Å². The van der Waals surface area contributed by atoms with Gasteiger partial charge in [0.25, 0.3) is 0 Å². The van der Waals surface area contributed by atoms with Gasteiger partial charge in [-0.1, -0.05) is 36.4 Å². The Balaban J connectivity index is 1.39. The molecule has 4 aromatic rings. The molecule has 0 saturated heterocycles. The van der Waals surface area contributed by atoms with Crippen molar-refractivity contribution in [3.05, 3.63) is 107 Å². The first-order valence-corrected chi connectivity index (χ1v) is 11.9. The molecule has 0 radical (unpaired) electrons. The highest BCUT2D eigenvalue weighted by atomic mass is 19.4. The molecule has 0 bridgehead atoms. The third kappa shape index (κ3) is 5.38. The lowest BCUT2D eigenvalue weighted by Gasteiger charge is -2.34. The highest BCUT2D eigenvalue weighted by Crippen LogP contribution is 2.36. The Labute approximate surface area is 210 Å². The summed E-state index contributed by atoms with van der Waals surface area (Å²) in [6.45, 7) is 0. The molecule has 0 aromatic heterocycles. The number of anilines is 1. The van der Waals surface area contributed by atoms with Crippen molar-refractivity contribution in [2.45, 2.75) is 37.4 Å². The lowest BCUT2D eigenvalue weighted by atomic mass is 9.76. The number of alkyl halides is 3. The van der Waals surface area contributed by atoms with Gasteiger partial charge in [0, 0.05) is 17.3 Å². The van der Waals surface area contributed by atoms with Crippen LogP contribution in [0.5, 0.6) is 5.75 Å². The number of aryl methyl sites for hydroxylation is 1. The molecule has 3 N–H and O–H groups in total. The highest BCUT2D eigenvalue weighted by Gasteiger charge is 2.33. The van der Waals surface area contributed by atoms with Gasteiger partial charge in [0.15, 0.2) is 0 Å². The van der Waals surface area contributed by atoms with Gasteiger partial charge in [-0.2, -0.15) is 13.2 Å². The number of nitrogens with one attached hydrogen (secondary N) is 2. The van der Waals surface area contributed by atoms with Crippen LogP contribution in [0.4, 0.5) is 28.0 Å². The van der Waals surface area contributed by atoms with E-state index in [1.54, 1.807) is 36.4 Å². The molecule has 0 fully saturated rings. The quantitative estimate of drug-likeness (QED) is 0.256. The Bertz CT molecular complexity index is 1450. The van der Waals surface area contributed by atoms with E-state index in [9.17, 15) is 27.5 Å². The van der Waals surface area contributed by atoms with Gasteiger partial charge in [-0.25, -0.2) is 9.18 Å². The average molecular weight is 509 g/mol. The molecule has 0 saturated carbocycles. The summed E-state index contributed by atoms with van der Waals surface area (Å²) >= 11 is 0. The summed E-state index contributed by atoms with van der Waals surface area (Å²) in [7, 11) is 0. The SMILES string of the molecule is O=C(Nc1cccc2ccc(O)cc12)N[C@H]1CCc2cc(F)ccc2[C@H]1Cc1ccc(C(F)(F)F)cc1. The number of carbonyl (C=O) groups excluding carboxylic acids is 1. The zero-order valence-corrected chi connectivity index (χ0v) is 19.6. The number of rotatable bonds is 4. The molecule has 0 unspecified atom stereocenters. The predicted molar refractivity (Wildman–Crippen MR) is 134 cm³/mol. The predicted octanol–water partition coefficient (Wildman–Crippen LogP) is 7.17. The van der Waals surface area contributed by atoms with Crippen molar-refractivity contribution in [2.75, 3.05) is 5.32 Å². The zero-order valence-electron chi connectivity index (χ0n) is 19.6. The first-order chi connectivity index (χ1) is 17.7. The number of hydrogen-bond donors (Lipinski definition) is 3. The molecule has 1 aliphatic carbocycles. The number of phenolic OH excluding ortho intramolecular Hbond substituents is 1. The number of hydrogen-bond acceptors (Lipinski definition) is 2. The Morgan fingerprint density at radius 2 is 1.76 bits per heavy atom. The Morgan fingerprint density at radius 1 is 0.973 bits per heavy atom. The van der Waals surface area contributed by atoms with Crippen LogP contribution in [0.15, 0.2) is 78.9 Å². The molecule has 0 heterocycles. The Kier molecular flexibility index (Phi) is 6.50. The van der Waals surface area contributed by atoms with E-state index < -0.39 is 17.8 Å². The molecule has 1 aliphatic rings. The molecule has 2 amide bonds. The van der Waals surface area contributed by atoms with Crippen LogP contribution in [0, 0.1) is 5.82 Å². The second kappa shape index (κ2) is 9.76. The van der Waals surface area contributed by atoms with Gasteiger partial charge in [-0.15, -0.1) is 0 Å². The van der Waals surface area contributed by atoms with Crippen molar-refractivity contribution < 1.29 is 27.5 Å². The van der Waals surface area contributed by atoms with Gasteiger partial charge in [0.2, 0.25) is 0 Å². The maximum absolute atomic E-state index is 13.9. The summed E-state index contributed by atoms with van der Waals surface area (Å²) in [5.74, 6) is -0.534. The lowest BCUT2D eigenvalue weighted by Crippen LogP contribution is -2.44. The van der Waals surface area contributed by atoms with Gasteiger partial charge >= 0.3 is 12.2 Å². The second-order valence-electron chi connectivity index (χ2n) is 9.30. The summed E-state index contributed by atoms with van der Waals surface area (Å²) < 4.78 is 52.9. The first kappa shape index (κ1) is 24.6. The second-order valence-corrected chi connectivity index (χ2v) is 9.30. The van der Waals surface area contributed by atoms with Crippen LogP contribution in [0.3, 0.4) is 0 Å². The van der Waals surface area contributed by atoms with E-state index >= 15 is 0 Å². The summed E-state index contributed by atoms with van der Waals surface area (Å²) in [6, 6.07) is 19.1. The fourth-order valence-corrected chi connectivity index (χ4v) is 5.09. The molecule has 0 spiro atoms. The number of amides is 2. The van der Waals surface area contributed by atoms with Gasteiger partial charge in [-0.3, -0.25) is 0 Å². The molecule has 4 aromatic carbocycles. The molecule has 2 atom stereocenters. The van der Waals surface area contributed by atoms with Crippen LogP contribution in [0.2, 0.25) is 0 Å². The van der Waals surface area contributed by atoms with Crippen LogP contribution in [0.25, 0.3) is 10.8 Å². The number of carbonyl (C=O) groups is 1. The number of halogens is 4. The van der Waals surface area contributed by atoms with E-state index in [4.69, 9.17) is 0 Å². The third-order valence-corrected chi connectivity index (χ3v) is 6.88. The van der Waals surface area contributed by atoms with Crippen molar-refractivity contribution in [1.82, 2.24) is 5.32 Å². The number of benzene rings is 4. The summed E-state index contributed by atoms with van der Waals surface area (Å²) in [6.07, 6.45) is -2.94. The summed E-state index contributed by atoms with van der Waals surface area (Å²) in [4.78, 5) is 13.1. The highest BCUT2D eigenvalue weighted by molar-refractivity contribution is 6.02. The maximum atomic E-state index is 13.9. The molecule has 0 aliphatic heterocycles. The van der Waals surface area contributed by atoms with Crippen molar-refractivity contribution in [3.8, 4) is 5.75 Å². The van der Waals surface area contributed by atoms with E-state index in [2.05, 4.69) is 10.6 Å². The third-order valence-electron chi connectivity index (χ3n) is 6.88. The van der Waals surface area contributed by atoms with Crippen molar-refractivity contribution in [2.24, 2.45) is 0 Å². The van der Waals surface area contributed by atoms with E-state index in [0.717, 1.165) is 28.6 Å². The van der Waals surface area contributed by atoms with Crippen molar-refractivity contribution in [1.29, 1.82) is 0 Å². The minimum absolute atomic E-state index is 0.0786. The Morgan fingerprint density at radius 3 is 2.51 bits per heavy atom. The van der Waals surface area contributed by atoms with Gasteiger partial charge in [-0.05, 0) is 83.8 Å². The lowest BCUT2D eigenvalue weighted by molar-refractivity contribution is -0.137.